The number of esters is 1. The third-order valence-corrected chi connectivity index (χ3v) is 6.79. The SMILES string of the molecule is C[C@H](C[C@@H]1C[C@H](C)C(=O)O1)[C@H]1CCC2C(O)CCC[C@@]21C. The van der Waals surface area contributed by atoms with E-state index in [0.29, 0.717) is 23.2 Å². The largest absolute Gasteiger partial charge is 0.462 e. The van der Waals surface area contributed by atoms with E-state index >= 15 is 0 Å². The van der Waals surface area contributed by atoms with Gasteiger partial charge in [-0.2, -0.15) is 0 Å². The fourth-order valence-corrected chi connectivity index (χ4v) is 5.67. The molecular weight excluding hydrogens is 264 g/mol. The summed E-state index contributed by atoms with van der Waals surface area (Å²) in [6.45, 7) is 6.70. The lowest BCUT2D eigenvalue weighted by atomic mass is 9.61. The molecule has 0 bridgehead atoms. The van der Waals surface area contributed by atoms with Crippen LogP contribution in [-0.4, -0.2) is 23.3 Å². The molecule has 2 saturated carbocycles. The predicted molar refractivity (Wildman–Crippen MR) is 81.6 cm³/mol. The number of aliphatic hydroxyl groups excluding tert-OH is 1. The quantitative estimate of drug-likeness (QED) is 0.810. The summed E-state index contributed by atoms with van der Waals surface area (Å²) in [5.41, 5.74) is 0.297. The number of ether oxygens (including phenoxy) is 1. The van der Waals surface area contributed by atoms with Crippen molar-refractivity contribution in [2.24, 2.45) is 29.1 Å². The van der Waals surface area contributed by atoms with E-state index in [1.807, 2.05) is 6.92 Å². The van der Waals surface area contributed by atoms with E-state index in [-0.39, 0.29) is 24.1 Å². The first-order chi connectivity index (χ1) is 9.91. The summed E-state index contributed by atoms with van der Waals surface area (Å²) < 4.78 is 5.51. The highest BCUT2D eigenvalue weighted by molar-refractivity contribution is 5.74. The van der Waals surface area contributed by atoms with Gasteiger partial charge in [-0.3, -0.25) is 4.79 Å². The molecule has 0 aromatic rings. The van der Waals surface area contributed by atoms with Crippen molar-refractivity contribution >= 4 is 5.97 Å². The molecule has 0 amide bonds. The Labute approximate surface area is 128 Å². The minimum absolute atomic E-state index is 0.0178. The number of hydrogen-bond donors (Lipinski definition) is 1. The van der Waals surface area contributed by atoms with Crippen molar-refractivity contribution in [1.82, 2.24) is 0 Å². The van der Waals surface area contributed by atoms with Crippen molar-refractivity contribution < 1.29 is 14.6 Å². The summed E-state index contributed by atoms with van der Waals surface area (Å²) in [6.07, 6.45) is 7.72. The summed E-state index contributed by atoms with van der Waals surface area (Å²) in [4.78, 5) is 11.6. The van der Waals surface area contributed by atoms with Gasteiger partial charge in [-0.15, -0.1) is 0 Å². The molecule has 1 heterocycles. The van der Waals surface area contributed by atoms with Crippen LogP contribution < -0.4 is 0 Å². The highest BCUT2D eigenvalue weighted by atomic mass is 16.5. The molecule has 0 aromatic carbocycles. The molecule has 3 rings (SSSR count). The number of carbonyl (C=O) groups is 1. The van der Waals surface area contributed by atoms with E-state index in [1.165, 1.54) is 19.3 Å². The number of fused-ring (bicyclic) bond motifs is 1. The van der Waals surface area contributed by atoms with E-state index in [4.69, 9.17) is 4.74 Å². The molecule has 0 aromatic heterocycles. The fraction of sp³-hybridized carbons (Fsp3) is 0.944. The smallest absolute Gasteiger partial charge is 0.309 e. The van der Waals surface area contributed by atoms with Gasteiger partial charge in [0.05, 0.1) is 12.0 Å². The van der Waals surface area contributed by atoms with Gasteiger partial charge >= 0.3 is 5.97 Å². The predicted octanol–water partition coefficient (Wildman–Crippen LogP) is 3.54. The van der Waals surface area contributed by atoms with E-state index in [9.17, 15) is 9.90 Å². The van der Waals surface area contributed by atoms with Gasteiger partial charge in [-0.05, 0) is 61.7 Å². The molecule has 3 fully saturated rings. The second-order valence-electron chi connectivity index (χ2n) is 8.16. The molecule has 0 spiro atoms. The van der Waals surface area contributed by atoms with Crippen LogP contribution in [0.5, 0.6) is 0 Å². The Morgan fingerprint density at radius 2 is 2.14 bits per heavy atom. The van der Waals surface area contributed by atoms with Crippen molar-refractivity contribution in [2.75, 3.05) is 0 Å². The topological polar surface area (TPSA) is 46.5 Å². The Hall–Kier alpha value is -0.570. The van der Waals surface area contributed by atoms with Gasteiger partial charge in [-0.25, -0.2) is 0 Å². The molecule has 120 valence electrons. The third-order valence-electron chi connectivity index (χ3n) is 6.79. The van der Waals surface area contributed by atoms with E-state index in [2.05, 4.69) is 13.8 Å². The number of hydrogen-bond acceptors (Lipinski definition) is 3. The maximum absolute atomic E-state index is 11.6. The lowest BCUT2D eigenvalue weighted by Gasteiger charge is -2.45. The minimum atomic E-state index is -0.0923. The summed E-state index contributed by atoms with van der Waals surface area (Å²) in [7, 11) is 0. The average molecular weight is 294 g/mol. The van der Waals surface area contributed by atoms with Crippen LogP contribution in [0.2, 0.25) is 0 Å². The zero-order valence-electron chi connectivity index (χ0n) is 13.7. The summed E-state index contributed by atoms with van der Waals surface area (Å²) in [5, 5.41) is 10.3. The number of cyclic esters (lactones) is 1. The molecule has 1 saturated heterocycles. The van der Waals surface area contributed by atoms with Crippen LogP contribution in [0, 0.1) is 29.1 Å². The maximum Gasteiger partial charge on any atom is 0.309 e. The van der Waals surface area contributed by atoms with Crippen molar-refractivity contribution in [1.29, 1.82) is 0 Å². The molecule has 3 aliphatic rings. The molecule has 1 aliphatic heterocycles. The van der Waals surface area contributed by atoms with Crippen molar-refractivity contribution in [3.05, 3.63) is 0 Å². The van der Waals surface area contributed by atoms with Gasteiger partial charge in [0.1, 0.15) is 6.10 Å². The summed E-state index contributed by atoms with van der Waals surface area (Å²) in [6, 6.07) is 0. The van der Waals surface area contributed by atoms with E-state index in [0.717, 1.165) is 25.7 Å². The zero-order valence-corrected chi connectivity index (χ0v) is 13.7. The Morgan fingerprint density at radius 1 is 1.38 bits per heavy atom. The van der Waals surface area contributed by atoms with Crippen LogP contribution in [0.25, 0.3) is 0 Å². The Kier molecular flexibility index (Phi) is 4.06. The zero-order chi connectivity index (χ0) is 15.2. The lowest BCUT2D eigenvalue weighted by Crippen LogP contribution is -2.41. The molecule has 2 aliphatic carbocycles. The van der Waals surface area contributed by atoms with Gasteiger partial charge in [0.15, 0.2) is 0 Å². The van der Waals surface area contributed by atoms with Crippen LogP contribution in [0.3, 0.4) is 0 Å². The number of carbonyl (C=O) groups excluding carboxylic acids is 1. The van der Waals surface area contributed by atoms with Crippen LogP contribution >= 0.6 is 0 Å². The monoisotopic (exact) mass is 294 g/mol. The van der Waals surface area contributed by atoms with E-state index < -0.39 is 0 Å². The summed E-state index contributed by atoms with van der Waals surface area (Å²) >= 11 is 0. The average Bonchev–Trinajstić information content (AvgIpc) is 2.91. The highest BCUT2D eigenvalue weighted by Crippen LogP contribution is 2.58. The van der Waals surface area contributed by atoms with Crippen molar-refractivity contribution in [3.63, 3.8) is 0 Å². The van der Waals surface area contributed by atoms with Crippen LogP contribution in [0.1, 0.15) is 65.7 Å². The Morgan fingerprint density at radius 3 is 2.81 bits per heavy atom. The maximum atomic E-state index is 11.6. The first-order valence-electron chi connectivity index (χ1n) is 8.80. The molecule has 3 heteroatoms. The number of aliphatic hydroxyl groups is 1. The Bertz CT molecular complexity index is 407. The number of rotatable bonds is 3. The van der Waals surface area contributed by atoms with Crippen molar-refractivity contribution in [3.8, 4) is 0 Å². The third kappa shape index (κ3) is 2.62. The lowest BCUT2D eigenvalue weighted by molar-refractivity contribution is -0.144. The first kappa shape index (κ1) is 15.3. The van der Waals surface area contributed by atoms with Gasteiger partial charge < -0.3 is 9.84 Å². The Balaban J connectivity index is 1.65. The highest BCUT2D eigenvalue weighted by Gasteiger charge is 2.52. The molecular formula is C18H30O3. The molecule has 21 heavy (non-hydrogen) atoms. The molecule has 7 atom stereocenters. The van der Waals surface area contributed by atoms with Crippen LogP contribution in [0.15, 0.2) is 0 Å². The van der Waals surface area contributed by atoms with Crippen molar-refractivity contribution in [2.45, 2.75) is 77.9 Å². The second kappa shape index (κ2) is 5.57. The van der Waals surface area contributed by atoms with Gasteiger partial charge in [0.2, 0.25) is 0 Å². The summed E-state index contributed by atoms with van der Waals surface area (Å²) in [5.74, 6) is 1.80. The van der Waals surface area contributed by atoms with E-state index in [1.54, 1.807) is 0 Å². The van der Waals surface area contributed by atoms with Crippen LogP contribution in [0.4, 0.5) is 0 Å². The van der Waals surface area contributed by atoms with Gasteiger partial charge in [0, 0.05) is 0 Å². The normalized spacial score (nSPS) is 48.0. The molecule has 3 nitrogen and oxygen atoms in total. The van der Waals surface area contributed by atoms with Gasteiger partial charge in [-0.1, -0.05) is 27.2 Å². The standard InChI is InChI=1S/C18H30O3/c1-11(9-13-10-12(2)17(20)21-13)14-6-7-15-16(19)5-4-8-18(14,15)3/h11-16,19H,4-10H2,1-3H3/t11-,12+,13-,14-,15?,16?,18-/m1/s1. The van der Waals surface area contributed by atoms with Gasteiger partial charge in [0.25, 0.3) is 0 Å². The fourth-order valence-electron chi connectivity index (χ4n) is 5.67. The second-order valence-corrected chi connectivity index (χ2v) is 8.16. The molecule has 0 radical (unpaired) electrons. The first-order valence-corrected chi connectivity index (χ1v) is 8.80. The molecule has 2 unspecified atom stereocenters. The molecule has 1 N–H and O–H groups in total. The minimum Gasteiger partial charge on any atom is -0.462 e. The van der Waals surface area contributed by atoms with Crippen LogP contribution in [-0.2, 0) is 9.53 Å².